The van der Waals surface area contributed by atoms with Gasteiger partial charge in [-0.1, -0.05) is 97.7 Å². The van der Waals surface area contributed by atoms with E-state index < -0.39 is 39.3 Å². The second kappa shape index (κ2) is 16.0. The van der Waals surface area contributed by atoms with Gasteiger partial charge in [0.15, 0.2) is 0 Å². The molecule has 46 heavy (non-hydrogen) atoms. The lowest BCUT2D eigenvalue weighted by atomic mass is 10.0. The summed E-state index contributed by atoms with van der Waals surface area (Å²) in [7, 11) is -4.39. The van der Waals surface area contributed by atoms with Gasteiger partial charge in [0.25, 0.3) is 15.7 Å². The van der Waals surface area contributed by atoms with Crippen LogP contribution in [-0.2, 0) is 32.6 Å². The van der Waals surface area contributed by atoms with Crippen LogP contribution < -0.4 is 9.62 Å². The summed E-state index contributed by atoms with van der Waals surface area (Å²) in [6, 6.07) is 27.6. The fraction of sp³-hybridized carbons (Fsp3) is 0.235. The predicted molar refractivity (Wildman–Crippen MR) is 178 cm³/mol. The van der Waals surface area contributed by atoms with E-state index in [1.54, 1.807) is 42.5 Å². The van der Waals surface area contributed by atoms with Crippen molar-refractivity contribution in [3.8, 4) is 0 Å². The van der Waals surface area contributed by atoms with Crippen LogP contribution in [-0.4, -0.2) is 49.2 Å². The van der Waals surface area contributed by atoms with Crippen LogP contribution in [0, 0.1) is 10.1 Å². The number of non-ortho nitro benzene ring substituents is 1. The number of nitrogens with one attached hydrogen (secondary N) is 1. The Morgan fingerprint density at radius 1 is 0.913 bits per heavy atom. The van der Waals surface area contributed by atoms with E-state index in [4.69, 9.17) is 11.6 Å². The third-order valence-corrected chi connectivity index (χ3v) is 9.49. The molecule has 0 heterocycles. The highest BCUT2D eigenvalue weighted by Gasteiger charge is 2.35. The van der Waals surface area contributed by atoms with Crippen molar-refractivity contribution in [1.29, 1.82) is 0 Å². The molecule has 0 radical (unpaired) electrons. The van der Waals surface area contributed by atoms with E-state index in [2.05, 4.69) is 5.32 Å². The number of nitro benzene ring substituents is 1. The van der Waals surface area contributed by atoms with Crippen LogP contribution in [0.2, 0.25) is 5.02 Å². The van der Waals surface area contributed by atoms with Crippen molar-refractivity contribution < 1.29 is 22.9 Å². The molecule has 2 amide bonds. The molecule has 4 aromatic rings. The topological polar surface area (TPSA) is 130 Å². The van der Waals surface area contributed by atoms with Crippen molar-refractivity contribution in [2.24, 2.45) is 0 Å². The predicted octanol–water partition coefficient (Wildman–Crippen LogP) is 6.00. The van der Waals surface area contributed by atoms with E-state index in [0.29, 0.717) is 17.1 Å². The molecule has 0 bridgehead atoms. The molecule has 0 unspecified atom stereocenters. The number of carbonyl (C=O) groups excluding carboxylic acids is 2. The number of carbonyl (C=O) groups is 2. The third-order valence-electron chi connectivity index (χ3n) is 7.34. The largest absolute Gasteiger partial charge is 0.354 e. The molecule has 0 saturated heterocycles. The Labute approximate surface area is 273 Å². The van der Waals surface area contributed by atoms with Gasteiger partial charge in [-0.15, -0.1) is 0 Å². The number of benzene rings is 4. The van der Waals surface area contributed by atoms with Crippen molar-refractivity contribution in [2.45, 2.75) is 43.7 Å². The first kappa shape index (κ1) is 34.1. The van der Waals surface area contributed by atoms with Crippen molar-refractivity contribution in [2.75, 3.05) is 17.4 Å². The number of rotatable bonds is 15. The lowest BCUT2D eigenvalue weighted by molar-refractivity contribution is -0.384. The molecule has 0 spiro atoms. The summed E-state index contributed by atoms with van der Waals surface area (Å²) in [5.74, 6) is -1.09. The molecular formula is C34H35ClN4O6S. The van der Waals surface area contributed by atoms with Gasteiger partial charge in [-0.05, 0) is 41.8 Å². The molecule has 0 fully saturated rings. The maximum atomic E-state index is 14.5. The minimum Gasteiger partial charge on any atom is -0.354 e. The van der Waals surface area contributed by atoms with E-state index >= 15 is 0 Å². The summed E-state index contributed by atoms with van der Waals surface area (Å²) in [5, 5.41) is 14.9. The minimum atomic E-state index is -4.39. The number of unbranched alkanes of at least 4 members (excludes halogenated alkanes) is 1. The summed E-state index contributed by atoms with van der Waals surface area (Å²) in [4.78, 5) is 40.5. The third kappa shape index (κ3) is 8.70. The first-order valence-corrected chi connectivity index (χ1v) is 16.6. The van der Waals surface area contributed by atoms with Crippen LogP contribution in [0.15, 0.2) is 114 Å². The number of nitro groups is 1. The van der Waals surface area contributed by atoms with Gasteiger partial charge in [-0.25, -0.2) is 8.42 Å². The van der Waals surface area contributed by atoms with Crippen molar-refractivity contribution in [3.63, 3.8) is 0 Å². The van der Waals surface area contributed by atoms with Gasteiger partial charge in [-0.2, -0.15) is 0 Å². The molecule has 240 valence electrons. The van der Waals surface area contributed by atoms with Crippen LogP contribution in [0.4, 0.5) is 11.4 Å². The van der Waals surface area contributed by atoms with E-state index in [9.17, 15) is 28.1 Å². The average Bonchev–Trinajstić information content (AvgIpc) is 3.06. The Hall–Kier alpha value is -4.74. The molecule has 0 saturated carbocycles. The van der Waals surface area contributed by atoms with Crippen molar-refractivity contribution >= 4 is 44.8 Å². The number of halogens is 1. The van der Waals surface area contributed by atoms with E-state index in [0.717, 1.165) is 28.8 Å². The van der Waals surface area contributed by atoms with Crippen LogP contribution >= 0.6 is 11.6 Å². The second-order valence-corrected chi connectivity index (χ2v) is 12.8. The maximum absolute atomic E-state index is 14.5. The molecule has 0 aliphatic carbocycles. The van der Waals surface area contributed by atoms with Gasteiger partial charge in [0.1, 0.15) is 12.6 Å². The Morgan fingerprint density at radius 3 is 2.22 bits per heavy atom. The molecular weight excluding hydrogens is 628 g/mol. The standard InChI is InChI=1S/C34H35ClN4O6S/c1-2-3-21-36-34(41)32(22-26-13-6-4-7-14-26)37(24-27-15-10-11-20-31(27)35)33(40)25-38(28-16-12-17-29(23-28)39(42)43)46(44,45)30-18-8-5-9-19-30/h4-20,23,32H,2-3,21-22,24-25H2,1H3,(H,36,41)/t32-/m1/s1. The highest BCUT2D eigenvalue weighted by molar-refractivity contribution is 7.92. The minimum absolute atomic E-state index is 0.0731. The zero-order chi connectivity index (χ0) is 33.1. The molecule has 1 atom stereocenters. The molecule has 0 aliphatic rings. The monoisotopic (exact) mass is 662 g/mol. The first-order chi connectivity index (χ1) is 22.1. The molecule has 10 nitrogen and oxygen atoms in total. The van der Waals surface area contributed by atoms with Gasteiger partial charge in [-0.3, -0.25) is 24.0 Å². The van der Waals surface area contributed by atoms with Crippen LogP contribution in [0.5, 0.6) is 0 Å². The summed E-state index contributed by atoms with van der Waals surface area (Å²) >= 11 is 6.51. The molecule has 4 aromatic carbocycles. The number of anilines is 1. The van der Waals surface area contributed by atoms with E-state index in [1.165, 1.54) is 35.2 Å². The fourth-order valence-corrected chi connectivity index (χ4v) is 6.50. The Balaban J connectivity index is 1.82. The number of hydrogen-bond donors (Lipinski definition) is 1. The van der Waals surface area contributed by atoms with Gasteiger partial charge in [0, 0.05) is 36.7 Å². The normalized spacial score (nSPS) is 11.8. The first-order valence-electron chi connectivity index (χ1n) is 14.8. The van der Waals surface area contributed by atoms with Gasteiger partial charge >= 0.3 is 0 Å². The highest BCUT2D eigenvalue weighted by Crippen LogP contribution is 2.28. The van der Waals surface area contributed by atoms with E-state index in [-0.39, 0.29) is 29.2 Å². The zero-order valence-corrected chi connectivity index (χ0v) is 26.9. The molecule has 0 aliphatic heterocycles. The fourth-order valence-electron chi connectivity index (χ4n) is 4.88. The summed E-state index contributed by atoms with van der Waals surface area (Å²) in [5.41, 5.74) is 0.937. The number of amides is 2. The molecule has 0 aromatic heterocycles. The van der Waals surface area contributed by atoms with Gasteiger partial charge in [0.2, 0.25) is 11.8 Å². The Morgan fingerprint density at radius 2 is 1.57 bits per heavy atom. The van der Waals surface area contributed by atoms with Crippen LogP contribution in [0.3, 0.4) is 0 Å². The highest BCUT2D eigenvalue weighted by atomic mass is 35.5. The lowest BCUT2D eigenvalue weighted by Crippen LogP contribution is -2.53. The van der Waals surface area contributed by atoms with Crippen LogP contribution in [0.25, 0.3) is 0 Å². The van der Waals surface area contributed by atoms with Gasteiger partial charge in [0.05, 0.1) is 15.5 Å². The number of sulfonamides is 1. The second-order valence-electron chi connectivity index (χ2n) is 10.6. The molecule has 12 heteroatoms. The molecule has 4 rings (SSSR count). The average molecular weight is 663 g/mol. The quantitative estimate of drug-likeness (QED) is 0.0944. The van der Waals surface area contributed by atoms with E-state index in [1.807, 2.05) is 37.3 Å². The summed E-state index contributed by atoms with van der Waals surface area (Å²) < 4.78 is 28.9. The van der Waals surface area contributed by atoms with Crippen molar-refractivity contribution in [1.82, 2.24) is 10.2 Å². The summed E-state index contributed by atoms with van der Waals surface area (Å²) in [6.07, 6.45) is 1.73. The lowest BCUT2D eigenvalue weighted by Gasteiger charge is -2.34. The van der Waals surface area contributed by atoms with Crippen molar-refractivity contribution in [3.05, 3.63) is 135 Å². The Bertz CT molecular complexity index is 1760. The van der Waals surface area contributed by atoms with Gasteiger partial charge < -0.3 is 10.2 Å². The SMILES string of the molecule is CCCCNC(=O)[C@@H](Cc1ccccc1)N(Cc1ccccc1Cl)C(=O)CN(c1cccc([N+](=O)[O-])c1)S(=O)(=O)c1ccccc1. The zero-order valence-electron chi connectivity index (χ0n) is 25.3. The van der Waals surface area contributed by atoms with Crippen LogP contribution in [0.1, 0.15) is 30.9 Å². The summed E-state index contributed by atoms with van der Waals surface area (Å²) in [6.45, 7) is 1.56. The molecule has 1 N–H and O–H groups in total. The smallest absolute Gasteiger partial charge is 0.271 e. The number of nitrogens with zero attached hydrogens (tertiary/aromatic N) is 3. The Kier molecular flexibility index (Phi) is 11.9. The number of hydrogen-bond acceptors (Lipinski definition) is 6. The maximum Gasteiger partial charge on any atom is 0.271 e.